The average molecular weight is 610 g/mol. The number of nitrogens with one attached hydrogen (secondary N) is 2. The molecule has 3 heterocycles. The molecule has 1 aliphatic heterocycles. The SMILES string of the molecule is N#Cc1ccc(C2NC(c3ccccc3)=NC(c3ccc(-n4c5ccccc5c5cc6sc7ccccc7c6cc54)cc3)N2)cc1. The Morgan fingerprint density at radius 2 is 1.35 bits per heavy atom. The minimum Gasteiger partial charge on any atom is -0.350 e. The zero-order valence-corrected chi connectivity index (χ0v) is 25.5. The van der Waals surface area contributed by atoms with Crippen LogP contribution < -0.4 is 10.6 Å². The molecule has 5 nitrogen and oxygen atoms in total. The fraction of sp³-hybridized carbons (Fsp3) is 0.0500. The van der Waals surface area contributed by atoms with Gasteiger partial charge < -0.3 is 9.88 Å². The maximum atomic E-state index is 9.31. The molecule has 218 valence electrons. The van der Waals surface area contributed by atoms with Crippen molar-refractivity contribution in [1.29, 1.82) is 5.26 Å². The van der Waals surface area contributed by atoms with Crippen LogP contribution >= 0.6 is 11.3 Å². The summed E-state index contributed by atoms with van der Waals surface area (Å²) in [5.74, 6) is 0.831. The molecule has 0 spiro atoms. The van der Waals surface area contributed by atoms with E-state index in [0.29, 0.717) is 5.56 Å². The van der Waals surface area contributed by atoms with Gasteiger partial charge in [0, 0.05) is 42.2 Å². The summed E-state index contributed by atoms with van der Waals surface area (Å²) >= 11 is 1.86. The number of aliphatic imine (C=N–C) groups is 1. The Labute approximate surface area is 269 Å². The quantitative estimate of drug-likeness (QED) is 0.209. The van der Waals surface area contributed by atoms with E-state index in [1.807, 2.05) is 53.8 Å². The molecule has 6 heteroatoms. The van der Waals surface area contributed by atoms with Crippen LogP contribution in [-0.4, -0.2) is 10.4 Å². The van der Waals surface area contributed by atoms with Gasteiger partial charge in [-0.3, -0.25) is 5.32 Å². The number of amidine groups is 1. The Bertz CT molecular complexity index is 2480. The minimum atomic E-state index is -0.263. The highest BCUT2D eigenvalue weighted by Gasteiger charge is 2.25. The Balaban J connectivity index is 1.15. The molecule has 2 atom stereocenters. The number of nitrogens with zero attached hydrogens (tertiary/aromatic N) is 3. The molecule has 0 saturated carbocycles. The van der Waals surface area contributed by atoms with Crippen molar-refractivity contribution in [2.45, 2.75) is 12.3 Å². The number of hydrogen-bond acceptors (Lipinski definition) is 5. The number of fused-ring (bicyclic) bond motifs is 6. The maximum absolute atomic E-state index is 9.31. The van der Waals surface area contributed by atoms with E-state index >= 15 is 0 Å². The van der Waals surface area contributed by atoms with Gasteiger partial charge in [-0.15, -0.1) is 11.3 Å². The number of nitriles is 1. The maximum Gasteiger partial charge on any atom is 0.131 e. The van der Waals surface area contributed by atoms with Crippen LogP contribution in [0.2, 0.25) is 0 Å². The van der Waals surface area contributed by atoms with Crippen molar-refractivity contribution >= 4 is 59.2 Å². The molecule has 0 saturated heterocycles. The van der Waals surface area contributed by atoms with Gasteiger partial charge >= 0.3 is 0 Å². The van der Waals surface area contributed by atoms with Crippen molar-refractivity contribution in [3.8, 4) is 11.8 Å². The second-order valence-corrected chi connectivity index (χ2v) is 12.7. The van der Waals surface area contributed by atoms with E-state index in [1.54, 1.807) is 0 Å². The van der Waals surface area contributed by atoms with E-state index in [4.69, 9.17) is 4.99 Å². The first-order valence-corrected chi connectivity index (χ1v) is 16.2. The molecule has 0 bridgehead atoms. The summed E-state index contributed by atoms with van der Waals surface area (Å²) in [5.41, 5.74) is 7.29. The molecule has 8 aromatic rings. The van der Waals surface area contributed by atoms with E-state index in [1.165, 1.54) is 42.0 Å². The molecule has 46 heavy (non-hydrogen) atoms. The Morgan fingerprint density at radius 1 is 0.630 bits per heavy atom. The second-order valence-electron chi connectivity index (χ2n) is 11.6. The molecule has 0 fully saturated rings. The topological polar surface area (TPSA) is 65.1 Å². The predicted molar refractivity (Wildman–Crippen MR) is 190 cm³/mol. The molecule has 1 aliphatic rings. The molecule has 0 aliphatic carbocycles. The van der Waals surface area contributed by atoms with E-state index in [2.05, 4.69) is 118 Å². The third-order valence-electron chi connectivity index (χ3n) is 8.92. The van der Waals surface area contributed by atoms with E-state index < -0.39 is 0 Å². The summed E-state index contributed by atoms with van der Waals surface area (Å²) in [6.45, 7) is 0. The number of rotatable bonds is 4. The van der Waals surface area contributed by atoms with Crippen LogP contribution in [0.1, 0.15) is 34.6 Å². The summed E-state index contributed by atoms with van der Waals surface area (Å²) in [7, 11) is 0. The van der Waals surface area contributed by atoms with Gasteiger partial charge in [0.1, 0.15) is 18.2 Å². The van der Waals surface area contributed by atoms with Crippen molar-refractivity contribution in [2.75, 3.05) is 0 Å². The second kappa shape index (κ2) is 10.7. The van der Waals surface area contributed by atoms with Gasteiger partial charge in [0.2, 0.25) is 0 Å². The zero-order chi connectivity index (χ0) is 30.6. The predicted octanol–water partition coefficient (Wildman–Crippen LogP) is 9.36. The average Bonchev–Trinajstić information content (AvgIpc) is 3.65. The lowest BCUT2D eigenvalue weighted by atomic mass is 10.1. The van der Waals surface area contributed by atoms with Gasteiger partial charge in [-0.2, -0.15) is 5.26 Å². The van der Waals surface area contributed by atoms with Crippen LogP contribution in [0.25, 0.3) is 47.7 Å². The van der Waals surface area contributed by atoms with E-state index in [9.17, 15) is 5.26 Å². The molecular formula is C40H27N5S. The summed E-state index contributed by atoms with van der Waals surface area (Å²) in [6, 6.07) is 51.0. The fourth-order valence-corrected chi connectivity index (χ4v) is 7.79. The van der Waals surface area contributed by atoms with Crippen molar-refractivity contribution in [2.24, 2.45) is 4.99 Å². The van der Waals surface area contributed by atoms with Crippen LogP contribution in [0.15, 0.2) is 145 Å². The monoisotopic (exact) mass is 609 g/mol. The van der Waals surface area contributed by atoms with Crippen LogP contribution in [0.4, 0.5) is 0 Å². The molecule has 0 amide bonds. The molecular weight excluding hydrogens is 583 g/mol. The lowest BCUT2D eigenvalue weighted by Crippen LogP contribution is -2.44. The van der Waals surface area contributed by atoms with Gasteiger partial charge in [0.05, 0.1) is 22.7 Å². The largest absolute Gasteiger partial charge is 0.350 e. The molecule has 9 rings (SSSR count). The van der Waals surface area contributed by atoms with Crippen LogP contribution in [0.3, 0.4) is 0 Å². The van der Waals surface area contributed by atoms with Crippen molar-refractivity contribution in [1.82, 2.24) is 15.2 Å². The van der Waals surface area contributed by atoms with Gasteiger partial charge in [-0.05, 0) is 59.7 Å². The fourth-order valence-electron chi connectivity index (χ4n) is 6.66. The van der Waals surface area contributed by atoms with Gasteiger partial charge in [0.25, 0.3) is 0 Å². The van der Waals surface area contributed by atoms with Gasteiger partial charge in [-0.1, -0.05) is 91.0 Å². The molecule has 2 unspecified atom stereocenters. The summed E-state index contributed by atoms with van der Waals surface area (Å²) < 4.78 is 5.01. The first kappa shape index (κ1) is 26.6. The van der Waals surface area contributed by atoms with Crippen molar-refractivity contribution in [3.63, 3.8) is 0 Å². The number of benzene rings is 6. The molecule has 2 aromatic heterocycles. The van der Waals surface area contributed by atoms with E-state index in [-0.39, 0.29) is 12.3 Å². The highest BCUT2D eigenvalue weighted by atomic mass is 32.1. The standard InChI is InChI=1S/C40H27N5S/c41-24-25-14-16-27(17-15-25)39-42-38(26-8-2-1-3-9-26)43-40(44-39)28-18-20-29(21-19-28)45-34-12-6-4-10-30(34)32-23-37-33(22-35(32)45)31-11-5-7-13-36(31)46-37/h1-23,39-40,44H,(H,42,43). The number of thiophene rings is 1. The number of para-hydroxylation sites is 1. The van der Waals surface area contributed by atoms with Crippen LogP contribution in [-0.2, 0) is 0 Å². The number of aromatic nitrogens is 1. The third kappa shape index (κ3) is 4.37. The molecule has 6 aromatic carbocycles. The highest BCUT2D eigenvalue weighted by Crippen LogP contribution is 2.40. The third-order valence-corrected chi connectivity index (χ3v) is 10.1. The smallest absolute Gasteiger partial charge is 0.131 e. The first-order valence-electron chi connectivity index (χ1n) is 15.3. The summed E-state index contributed by atoms with van der Waals surface area (Å²) in [4.78, 5) is 5.12. The Kier molecular flexibility index (Phi) is 6.20. The summed E-state index contributed by atoms with van der Waals surface area (Å²) in [6.07, 6.45) is -0.439. The zero-order valence-electron chi connectivity index (χ0n) is 24.7. The van der Waals surface area contributed by atoms with Crippen LogP contribution in [0.5, 0.6) is 0 Å². The Morgan fingerprint density at radius 3 is 2.15 bits per heavy atom. The lowest BCUT2D eigenvalue weighted by Gasteiger charge is -2.32. The highest BCUT2D eigenvalue weighted by molar-refractivity contribution is 7.25. The molecule has 0 radical (unpaired) electrons. The Hall–Kier alpha value is -5.74. The van der Waals surface area contributed by atoms with Crippen LogP contribution in [0, 0.1) is 11.3 Å². The van der Waals surface area contributed by atoms with Gasteiger partial charge in [0.15, 0.2) is 0 Å². The minimum absolute atomic E-state index is 0.176. The first-order chi connectivity index (χ1) is 22.7. The normalized spacial score (nSPS) is 16.5. The van der Waals surface area contributed by atoms with Gasteiger partial charge in [-0.25, -0.2) is 4.99 Å². The molecule has 2 N–H and O–H groups in total. The lowest BCUT2D eigenvalue weighted by molar-refractivity contribution is 0.409. The van der Waals surface area contributed by atoms with Crippen molar-refractivity contribution < 1.29 is 0 Å². The van der Waals surface area contributed by atoms with E-state index in [0.717, 1.165) is 28.2 Å². The van der Waals surface area contributed by atoms with Crippen molar-refractivity contribution in [3.05, 3.63) is 162 Å². The number of hydrogen-bond donors (Lipinski definition) is 2. The summed E-state index contributed by atoms with van der Waals surface area (Å²) in [5, 5.41) is 21.7.